The Morgan fingerprint density at radius 2 is 2.00 bits per heavy atom. The predicted molar refractivity (Wildman–Crippen MR) is 74.4 cm³/mol. The second-order valence-corrected chi connectivity index (χ2v) is 5.02. The summed E-state index contributed by atoms with van der Waals surface area (Å²) < 4.78 is 1.90. The Morgan fingerprint density at radius 3 is 2.53 bits per heavy atom. The zero-order valence-corrected chi connectivity index (χ0v) is 12.0. The van der Waals surface area contributed by atoms with Crippen molar-refractivity contribution in [1.82, 2.24) is 9.78 Å². The molecule has 0 radical (unpaired) electrons. The van der Waals surface area contributed by atoms with E-state index in [2.05, 4.69) is 44.3 Å². The number of aryl methyl sites for hydroxylation is 2. The summed E-state index contributed by atoms with van der Waals surface area (Å²) in [7, 11) is 1.99. The molecule has 0 fully saturated rings. The van der Waals surface area contributed by atoms with Crippen LogP contribution in [0.15, 0.2) is 6.20 Å². The van der Waals surface area contributed by atoms with E-state index in [9.17, 15) is 0 Å². The lowest BCUT2D eigenvalue weighted by atomic mass is 9.97. The van der Waals surface area contributed by atoms with Gasteiger partial charge in [0.1, 0.15) is 0 Å². The zero-order valence-electron chi connectivity index (χ0n) is 12.0. The number of anilines is 1. The monoisotopic (exact) mass is 237 g/mol. The third kappa shape index (κ3) is 4.06. The summed E-state index contributed by atoms with van der Waals surface area (Å²) in [6.07, 6.45) is 6.75. The Hall–Kier alpha value is -0.990. The Morgan fingerprint density at radius 1 is 1.29 bits per heavy atom. The molecule has 1 heterocycles. The first-order chi connectivity index (χ1) is 8.10. The van der Waals surface area contributed by atoms with Gasteiger partial charge >= 0.3 is 0 Å². The normalized spacial score (nSPS) is 14.6. The van der Waals surface area contributed by atoms with E-state index >= 15 is 0 Å². The molecule has 17 heavy (non-hydrogen) atoms. The molecule has 0 aromatic carbocycles. The molecule has 0 aliphatic rings. The molecule has 2 unspecified atom stereocenters. The quantitative estimate of drug-likeness (QED) is 0.785. The van der Waals surface area contributed by atoms with E-state index < -0.39 is 0 Å². The van der Waals surface area contributed by atoms with E-state index in [4.69, 9.17) is 0 Å². The fourth-order valence-corrected chi connectivity index (χ4v) is 2.12. The average Bonchev–Trinajstić information content (AvgIpc) is 2.68. The maximum Gasteiger partial charge on any atom is 0.0853 e. The summed E-state index contributed by atoms with van der Waals surface area (Å²) in [6, 6.07) is 0.569. The van der Waals surface area contributed by atoms with Crippen LogP contribution in [0.1, 0.15) is 52.7 Å². The lowest BCUT2D eigenvalue weighted by Crippen LogP contribution is -2.21. The largest absolute Gasteiger partial charge is 0.380 e. The molecule has 1 N–H and O–H groups in total. The van der Waals surface area contributed by atoms with Gasteiger partial charge in [-0.15, -0.1) is 0 Å². The van der Waals surface area contributed by atoms with Crippen LogP contribution in [0.3, 0.4) is 0 Å². The van der Waals surface area contributed by atoms with Crippen molar-refractivity contribution in [2.24, 2.45) is 13.0 Å². The maximum absolute atomic E-state index is 4.47. The minimum Gasteiger partial charge on any atom is -0.380 e. The molecule has 0 aliphatic carbocycles. The van der Waals surface area contributed by atoms with Gasteiger partial charge in [-0.25, -0.2) is 0 Å². The number of rotatable bonds is 7. The molecule has 2 atom stereocenters. The third-order valence-electron chi connectivity index (χ3n) is 3.48. The number of hydrogen-bond donors (Lipinski definition) is 1. The summed E-state index contributed by atoms with van der Waals surface area (Å²) in [5, 5.41) is 8.12. The molecule has 1 aromatic rings. The molecule has 0 saturated heterocycles. The smallest absolute Gasteiger partial charge is 0.0853 e. The van der Waals surface area contributed by atoms with Gasteiger partial charge in [0, 0.05) is 19.3 Å². The van der Waals surface area contributed by atoms with Crippen molar-refractivity contribution >= 4 is 5.69 Å². The lowest BCUT2D eigenvalue weighted by molar-refractivity contribution is 0.461. The van der Waals surface area contributed by atoms with Crippen LogP contribution in [0.2, 0.25) is 0 Å². The molecular formula is C14H27N3. The highest BCUT2D eigenvalue weighted by Crippen LogP contribution is 2.20. The summed E-state index contributed by atoms with van der Waals surface area (Å²) in [5.74, 6) is 0.786. The van der Waals surface area contributed by atoms with Crippen molar-refractivity contribution < 1.29 is 0 Å². The topological polar surface area (TPSA) is 29.9 Å². The second kappa shape index (κ2) is 6.67. The number of nitrogens with one attached hydrogen (secondary N) is 1. The van der Waals surface area contributed by atoms with Crippen LogP contribution in [-0.2, 0) is 13.5 Å². The average molecular weight is 237 g/mol. The van der Waals surface area contributed by atoms with Gasteiger partial charge in [0.25, 0.3) is 0 Å². The minimum absolute atomic E-state index is 0.569. The Labute approximate surface area is 106 Å². The van der Waals surface area contributed by atoms with Gasteiger partial charge in [-0.3, -0.25) is 4.68 Å². The van der Waals surface area contributed by atoms with Crippen LogP contribution in [0.25, 0.3) is 0 Å². The molecule has 98 valence electrons. The molecule has 1 rings (SSSR count). The lowest BCUT2D eigenvalue weighted by Gasteiger charge is -2.21. The fraction of sp³-hybridized carbons (Fsp3) is 0.786. The first-order valence-electron chi connectivity index (χ1n) is 6.89. The van der Waals surface area contributed by atoms with Gasteiger partial charge in [-0.05, 0) is 25.2 Å². The highest BCUT2D eigenvalue weighted by atomic mass is 15.3. The molecule has 0 bridgehead atoms. The van der Waals surface area contributed by atoms with Crippen LogP contribution < -0.4 is 5.32 Å². The molecule has 0 spiro atoms. The van der Waals surface area contributed by atoms with Crippen molar-refractivity contribution in [2.45, 2.75) is 59.4 Å². The van der Waals surface area contributed by atoms with E-state index in [0.717, 1.165) is 12.3 Å². The van der Waals surface area contributed by atoms with E-state index in [1.807, 2.05) is 11.7 Å². The second-order valence-electron chi connectivity index (χ2n) is 5.02. The molecular weight excluding hydrogens is 210 g/mol. The van der Waals surface area contributed by atoms with Crippen molar-refractivity contribution in [3.63, 3.8) is 0 Å². The van der Waals surface area contributed by atoms with E-state index in [1.54, 1.807) is 0 Å². The van der Waals surface area contributed by atoms with Crippen molar-refractivity contribution in [3.05, 3.63) is 11.9 Å². The zero-order chi connectivity index (χ0) is 12.8. The molecule has 1 aromatic heterocycles. The van der Waals surface area contributed by atoms with Crippen molar-refractivity contribution in [3.8, 4) is 0 Å². The molecule has 0 amide bonds. The van der Waals surface area contributed by atoms with Crippen LogP contribution in [0.4, 0.5) is 5.69 Å². The first-order valence-corrected chi connectivity index (χ1v) is 6.89. The third-order valence-corrected chi connectivity index (χ3v) is 3.48. The summed E-state index contributed by atoms with van der Waals surface area (Å²) in [6.45, 7) is 9.00. The van der Waals surface area contributed by atoms with Gasteiger partial charge in [0.05, 0.1) is 11.4 Å². The Kier molecular flexibility index (Phi) is 5.52. The van der Waals surface area contributed by atoms with Gasteiger partial charge in [0.15, 0.2) is 0 Å². The van der Waals surface area contributed by atoms with E-state index in [1.165, 1.54) is 30.6 Å². The van der Waals surface area contributed by atoms with Crippen molar-refractivity contribution in [1.29, 1.82) is 0 Å². The standard InChI is InChI=1S/C14H27N3/c1-6-11(4)9-12(7-2)15-14-10-17(5)16-13(14)8-3/h10-12,15H,6-9H2,1-5H3. The van der Waals surface area contributed by atoms with Gasteiger partial charge in [-0.1, -0.05) is 34.1 Å². The first kappa shape index (κ1) is 14.1. The van der Waals surface area contributed by atoms with Gasteiger partial charge in [-0.2, -0.15) is 5.10 Å². The minimum atomic E-state index is 0.569. The maximum atomic E-state index is 4.47. The molecule has 3 heteroatoms. The van der Waals surface area contributed by atoms with Crippen LogP contribution in [-0.4, -0.2) is 15.8 Å². The number of hydrogen-bond acceptors (Lipinski definition) is 2. The highest BCUT2D eigenvalue weighted by molar-refractivity contribution is 5.47. The van der Waals surface area contributed by atoms with E-state index in [0.29, 0.717) is 6.04 Å². The predicted octanol–water partition coefficient (Wildman–Crippen LogP) is 3.61. The van der Waals surface area contributed by atoms with Crippen LogP contribution in [0, 0.1) is 5.92 Å². The fourth-order valence-electron chi connectivity index (χ4n) is 2.12. The molecule has 3 nitrogen and oxygen atoms in total. The highest BCUT2D eigenvalue weighted by Gasteiger charge is 2.13. The van der Waals surface area contributed by atoms with E-state index in [-0.39, 0.29) is 0 Å². The molecule has 0 aliphatic heterocycles. The van der Waals surface area contributed by atoms with Gasteiger partial charge in [0.2, 0.25) is 0 Å². The Balaban J connectivity index is 2.66. The van der Waals surface area contributed by atoms with Gasteiger partial charge < -0.3 is 5.32 Å². The Bertz CT molecular complexity index is 330. The summed E-state index contributed by atoms with van der Waals surface area (Å²) in [4.78, 5) is 0. The number of nitrogens with zero attached hydrogens (tertiary/aromatic N) is 2. The van der Waals surface area contributed by atoms with Crippen LogP contribution >= 0.6 is 0 Å². The summed E-state index contributed by atoms with van der Waals surface area (Å²) >= 11 is 0. The van der Waals surface area contributed by atoms with Crippen LogP contribution in [0.5, 0.6) is 0 Å². The molecule has 0 saturated carbocycles. The summed E-state index contributed by atoms with van der Waals surface area (Å²) in [5.41, 5.74) is 2.39. The van der Waals surface area contributed by atoms with Crippen molar-refractivity contribution in [2.75, 3.05) is 5.32 Å². The SMILES string of the molecule is CCc1nn(C)cc1NC(CC)CC(C)CC. The number of aromatic nitrogens is 2.